The van der Waals surface area contributed by atoms with Gasteiger partial charge in [-0.1, -0.05) is 0 Å². The van der Waals surface area contributed by atoms with Crippen LogP contribution in [0.5, 0.6) is 0 Å². The molecule has 1 unspecified atom stereocenters. The van der Waals surface area contributed by atoms with Crippen LogP contribution in [-0.4, -0.2) is 49.5 Å². The number of hydrogen-bond acceptors (Lipinski definition) is 4. The maximum absolute atomic E-state index is 6.07. The van der Waals surface area contributed by atoms with Crippen LogP contribution in [0.25, 0.3) is 0 Å². The SMILES string of the molecule is C1CC(COC2CSC3(CNC3)C2)CCO1. The van der Waals surface area contributed by atoms with Crippen molar-refractivity contribution in [3.05, 3.63) is 0 Å². The smallest absolute Gasteiger partial charge is 0.0680 e. The highest BCUT2D eigenvalue weighted by molar-refractivity contribution is 8.01. The first-order chi connectivity index (χ1) is 7.86. The molecule has 16 heavy (non-hydrogen) atoms. The molecule has 1 spiro atoms. The van der Waals surface area contributed by atoms with Crippen molar-refractivity contribution in [2.75, 3.05) is 38.7 Å². The molecule has 92 valence electrons. The molecular formula is C12H21NO2S. The molecule has 3 aliphatic rings. The summed E-state index contributed by atoms with van der Waals surface area (Å²) in [5.41, 5.74) is 0. The minimum Gasteiger partial charge on any atom is -0.381 e. The van der Waals surface area contributed by atoms with Crippen LogP contribution in [0.3, 0.4) is 0 Å². The van der Waals surface area contributed by atoms with Crippen LogP contribution in [0.2, 0.25) is 0 Å². The Hall–Kier alpha value is 0.230. The van der Waals surface area contributed by atoms with Gasteiger partial charge in [-0.25, -0.2) is 0 Å². The Labute approximate surface area is 102 Å². The zero-order valence-corrected chi connectivity index (χ0v) is 10.6. The molecule has 1 N–H and O–H groups in total. The van der Waals surface area contributed by atoms with Crippen LogP contribution >= 0.6 is 11.8 Å². The maximum Gasteiger partial charge on any atom is 0.0680 e. The van der Waals surface area contributed by atoms with Gasteiger partial charge in [-0.05, 0) is 25.2 Å². The molecule has 3 heterocycles. The summed E-state index contributed by atoms with van der Waals surface area (Å²) in [5.74, 6) is 1.94. The quantitative estimate of drug-likeness (QED) is 0.809. The molecule has 0 aromatic rings. The summed E-state index contributed by atoms with van der Waals surface area (Å²) in [5, 5.41) is 3.38. The fourth-order valence-electron chi connectivity index (χ4n) is 2.75. The van der Waals surface area contributed by atoms with E-state index in [-0.39, 0.29) is 0 Å². The van der Waals surface area contributed by atoms with Crippen molar-refractivity contribution >= 4 is 11.8 Å². The van der Waals surface area contributed by atoms with Gasteiger partial charge in [-0.15, -0.1) is 11.8 Å². The van der Waals surface area contributed by atoms with Crippen LogP contribution in [0.4, 0.5) is 0 Å². The van der Waals surface area contributed by atoms with E-state index in [1.54, 1.807) is 0 Å². The van der Waals surface area contributed by atoms with E-state index in [0.717, 1.165) is 25.7 Å². The van der Waals surface area contributed by atoms with Gasteiger partial charge in [0.25, 0.3) is 0 Å². The standard InChI is InChI=1S/C12H21NO2S/c1-3-14-4-2-10(1)6-15-11-5-12(16-7-11)8-13-9-12/h10-11,13H,1-9H2. The molecule has 0 aromatic carbocycles. The molecule has 0 bridgehead atoms. The lowest BCUT2D eigenvalue weighted by molar-refractivity contribution is -0.00712. The van der Waals surface area contributed by atoms with Crippen molar-refractivity contribution < 1.29 is 9.47 Å². The Bertz CT molecular complexity index is 239. The van der Waals surface area contributed by atoms with E-state index in [1.807, 2.05) is 0 Å². The highest BCUT2D eigenvalue weighted by atomic mass is 32.2. The number of hydrogen-bond donors (Lipinski definition) is 1. The molecule has 0 radical (unpaired) electrons. The Morgan fingerprint density at radius 1 is 1.31 bits per heavy atom. The first-order valence-electron chi connectivity index (χ1n) is 6.40. The largest absolute Gasteiger partial charge is 0.381 e. The maximum atomic E-state index is 6.07. The highest BCUT2D eigenvalue weighted by Crippen LogP contribution is 2.42. The first-order valence-corrected chi connectivity index (χ1v) is 7.39. The summed E-state index contributed by atoms with van der Waals surface area (Å²) in [6, 6.07) is 0. The molecule has 3 aliphatic heterocycles. The van der Waals surface area contributed by atoms with E-state index < -0.39 is 0 Å². The Morgan fingerprint density at radius 3 is 2.75 bits per heavy atom. The van der Waals surface area contributed by atoms with E-state index in [4.69, 9.17) is 9.47 Å². The fraction of sp³-hybridized carbons (Fsp3) is 1.00. The molecule has 3 fully saturated rings. The van der Waals surface area contributed by atoms with Gasteiger partial charge in [0.05, 0.1) is 6.10 Å². The Balaban J connectivity index is 1.39. The molecule has 0 saturated carbocycles. The van der Waals surface area contributed by atoms with Gasteiger partial charge in [0.15, 0.2) is 0 Å². The molecule has 4 heteroatoms. The van der Waals surface area contributed by atoms with Gasteiger partial charge in [0.2, 0.25) is 0 Å². The Kier molecular flexibility index (Phi) is 3.43. The van der Waals surface area contributed by atoms with E-state index in [2.05, 4.69) is 17.1 Å². The van der Waals surface area contributed by atoms with Crippen LogP contribution in [0.1, 0.15) is 19.3 Å². The zero-order chi connectivity index (χ0) is 10.8. The van der Waals surface area contributed by atoms with Gasteiger partial charge in [-0.2, -0.15) is 0 Å². The molecular weight excluding hydrogens is 222 g/mol. The second kappa shape index (κ2) is 4.84. The summed E-state index contributed by atoms with van der Waals surface area (Å²) in [4.78, 5) is 0. The zero-order valence-electron chi connectivity index (χ0n) is 9.74. The normalized spacial score (nSPS) is 34.1. The number of nitrogens with one attached hydrogen (secondary N) is 1. The fourth-order valence-corrected chi connectivity index (χ4v) is 4.21. The van der Waals surface area contributed by atoms with Crippen molar-refractivity contribution in [2.24, 2.45) is 5.92 Å². The molecule has 0 aliphatic carbocycles. The van der Waals surface area contributed by atoms with Gasteiger partial charge >= 0.3 is 0 Å². The molecule has 0 amide bonds. The third-order valence-electron chi connectivity index (χ3n) is 3.98. The van der Waals surface area contributed by atoms with E-state index in [1.165, 1.54) is 38.1 Å². The highest BCUT2D eigenvalue weighted by Gasteiger charge is 2.45. The van der Waals surface area contributed by atoms with E-state index >= 15 is 0 Å². The number of ether oxygens (including phenoxy) is 2. The third kappa shape index (κ3) is 2.40. The van der Waals surface area contributed by atoms with Gasteiger partial charge in [0.1, 0.15) is 0 Å². The van der Waals surface area contributed by atoms with Crippen LogP contribution in [0.15, 0.2) is 0 Å². The molecule has 0 aromatic heterocycles. The summed E-state index contributed by atoms with van der Waals surface area (Å²) in [6.45, 7) is 5.20. The van der Waals surface area contributed by atoms with Gasteiger partial charge in [-0.3, -0.25) is 0 Å². The number of thioether (sulfide) groups is 1. The summed E-state index contributed by atoms with van der Waals surface area (Å²) in [7, 11) is 0. The van der Waals surface area contributed by atoms with E-state index in [0.29, 0.717) is 10.9 Å². The molecule has 1 atom stereocenters. The average Bonchev–Trinajstić information content (AvgIpc) is 2.72. The van der Waals surface area contributed by atoms with Crippen LogP contribution in [-0.2, 0) is 9.47 Å². The van der Waals surface area contributed by atoms with Crippen molar-refractivity contribution in [3.8, 4) is 0 Å². The van der Waals surface area contributed by atoms with Crippen LogP contribution < -0.4 is 5.32 Å². The monoisotopic (exact) mass is 243 g/mol. The van der Waals surface area contributed by atoms with Gasteiger partial charge in [0, 0.05) is 43.4 Å². The summed E-state index contributed by atoms with van der Waals surface area (Å²) < 4.78 is 12.0. The molecule has 3 nitrogen and oxygen atoms in total. The lowest BCUT2D eigenvalue weighted by Gasteiger charge is -2.38. The van der Waals surface area contributed by atoms with Crippen molar-refractivity contribution in [2.45, 2.75) is 30.1 Å². The molecule has 3 saturated heterocycles. The van der Waals surface area contributed by atoms with Crippen LogP contribution in [0, 0.1) is 5.92 Å². The van der Waals surface area contributed by atoms with Gasteiger partial charge < -0.3 is 14.8 Å². The minimum absolute atomic E-state index is 0.509. The van der Waals surface area contributed by atoms with E-state index in [9.17, 15) is 0 Å². The summed E-state index contributed by atoms with van der Waals surface area (Å²) >= 11 is 2.11. The number of rotatable bonds is 3. The Morgan fingerprint density at radius 2 is 2.12 bits per heavy atom. The second-order valence-corrected chi connectivity index (χ2v) is 6.80. The first kappa shape index (κ1) is 11.3. The predicted molar refractivity (Wildman–Crippen MR) is 66.0 cm³/mol. The van der Waals surface area contributed by atoms with Crippen molar-refractivity contribution in [3.63, 3.8) is 0 Å². The second-order valence-electron chi connectivity index (χ2n) is 5.31. The molecule has 3 rings (SSSR count). The lowest BCUT2D eigenvalue weighted by atomic mass is 9.95. The summed E-state index contributed by atoms with van der Waals surface area (Å²) in [6.07, 6.45) is 4.14. The average molecular weight is 243 g/mol. The predicted octanol–water partition coefficient (Wildman–Crippen LogP) is 1.28. The topological polar surface area (TPSA) is 30.5 Å². The van der Waals surface area contributed by atoms with Crippen molar-refractivity contribution in [1.29, 1.82) is 0 Å². The third-order valence-corrected chi connectivity index (χ3v) is 5.58. The van der Waals surface area contributed by atoms with Crippen molar-refractivity contribution in [1.82, 2.24) is 5.32 Å². The minimum atomic E-state index is 0.509. The lowest BCUT2D eigenvalue weighted by Crippen LogP contribution is -2.56.